The third kappa shape index (κ3) is 3.89. The quantitative estimate of drug-likeness (QED) is 0.775. The van der Waals surface area contributed by atoms with Crippen LogP contribution in [0.4, 0.5) is 5.69 Å². The molecule has 1 amide bonds. The Morgan fingerprint density at radius 1 is 1.17 bits per heavy atom. The minimum absolute atomic E-state index is 0.0368. The van der Waals surface area contributed by atoms with Crippen LogP contribution in [0.1, 0.15) is 50.7 Å². The van der Waals surface area contributed by atoms with Crippen LogP contribution in [0.2, 0.25) is 5.02 Å². The number of aryl methyl sites for hydroxylation is 2. The van der Waals surface area contributed by atoms with Gasteiger partial charge < -0.3 is 9.80 Å². The number of carbonyl (C=O) groups is 1. The highest BCUT2D eigenvalue weighted by molar-refractivity contribution is 6.30. The predicted octanol–water partition coefficient (Wildman–Crippen LogP) is 4.69. The Morgan fingerprint density at radius 2 is 1.74 bits per heavy atom. The maximum Gasteiger partial charge on any atom is 0.282 e. The van der Waals surface area contributed by atoms with Crippen LogP contribution in [-0.2, 0) is 4.79 Å². The average Bonchev–Trinajstić information content (AvgIpc) is 2.52. The molecule has 2 rings (SSSR count). The first-order valence-corrected chi connectivity index (χ1v) is 9.24. The lowest BCUT2D eigenvalue weighted by Gasteiger charge is -2.45. The van der Waals surface area contributed by atoms with E-state index in [1.165, 1.54) is 19.3 Å². The van der Waals surface area contributed by atoms with Crippen molar-refractivity contribution in [3.63, 3.8) is 0 Å². The number of halogens is 1. The highest BCUT2D eigenvalue weighted by atomic mass is 35.5. The van der Waals surface area contributed by atoms with Crippen LogP contribution >= 0.6 is 11.6 Å². The average molecular weight is 338 g/mol. The molecule has 1 aromatic rings. The van der Waals surface area contributed by atoms with Crippen LogP contribution in [-0.4, -0.2) is 36.1 Å². The van der Waals surface area contributed by atoms with Crippen molar-refractivity contribution in [1.29, 1.82) is 0 Å². The molecule has 23 heavy (non-hydrogen) atoms. The number of hydrogen-bond acceptors (Lipinski definition) is 1. The summed E-state index contributed by atoms with van der Waals surface area (Å²) in [6.07, 6.45) is 4.64. The third-order valence-corrected chi connectivity index (χ3v) is 5.65. The topological polar surface area (TPSA) is 29.1 Å². The first-order chi connectivity index (χ1) is 10.9. The number of anilines is 1. The zero-order chi connectivity index (χ0) is 17.0. The van der Waals surface area contributed by atoms with E-state index in [0.717, 1.165) is 52.4 Å². The van der Waals surface area contributed by atoms with Gasteiger partial charge in [-0.2, -0.15) is 0 Å². The van der Waals surface area contributed by atoms with E-state index in [1.807, 2.05) is 26.0 Å². The van der Waals surface area contributed by atoms with Gasteiger partial charge in [0.15, 0.2) is 6.04 Å². The van der Waals surface area contributed by atoms with Gasteiger partial charge in [0.25, 0.3) is 5.91 Å². The van der Waals surface area contributed by atoms with Crippen molar-refractivity contribution in [3.05, 3.63) is 28.3 Å². The number of nitrogens with zero attached hydrogens (tertiary/aromatic N) is 1. The molecule has 1 saturated heterocycles. The second-order valence-corrected chi connectivity index (χ2v) is 7.31. The molecule has 1 aliphatic heterocycles. The van der Waals surface area contributed by atoms with Crippen LogP contribution in [0, 0.1) is 13.8 Å². The summed E-state index contributed by atoms with van der Waals surface area (Å²) >= 11 is 6.10. The number of likely N-dealkylation sites (N-methyl/N-ethyl adjacent to an activating group) is 1. The molecule has 0 bridgehead atoms. The summed E-state index contributed by atoms with van der Waals surface area (Å²) in [5.74, 6) is 0.157. The molecule has 0 saturated carbocycles. The number of nitrogens with one attached hydrogen (secondary N) is 1. The maximum absolute atomic E-state index is 13.0. The molecule has 0 spiro atoms. The zero-order valence-corrected chi connectivity index (χ0v) is 15.7. The molecule has 1 fully saturated rings. The predicted molar refractivity (Wildman–Crippen MR) is 98.0 cm³/mol. The number of hydrogen-bond donors (Lipinski definition) is 1. The van der Waals surface area contributed by atoms with Crippen molar-refractivity contribution in [2.75, 3.05) is 25.0 Å². The lowest BCUT2D eigenvalue weighted by molar-refractivity contribution is -0.945. The second-order valence-electron chi connectivity index (χ2n) is 6.87. The van der Waals surface area contributed by atoms with Gasteiger partial charge in [0.05, 0.1) is 19.6 Å². The van der Waals surface area contributed by atoms with E-state index in [-0.39, 0.29) is 11.9 Å². The Balaban J connectivity index is 2.24. The van der Waals surface area contributed by atoms with E-state index >= 15 is 0 Å². The number of benzene rings is 1. The molecule has 0 aromatic heterocycles. The van der Waals surface area contributed by atoms with E-state index in [9.17, 15) is 4.79 Å². The number of likely N-dealkylation sites (tertiary alicyclic amines) is 1. The molecule has 4 heteroatoms. The van der Waals surface area contributed by atoms with Gasteiger partial charge in [0.1, 0.15) is 0 Å². The minimum atomic E-state index is 0.0368. The van der Waals surface area contributed by atoms with Crippen LogP contribution in [0.15, 0.2) is 12.1 Å². The lowest BCUT2D eigenvalue weighted by atomic mass is 10.00. The van der Waals surface area contributed by atoms with E-state index in [1.54, 1.807) is 0 Å². The summed E-state index contributed by atoms with van der Waals surface area (Å²) in [6.45, 7) is 11.6. The normalized spacial score (nSPS) is 18.5. The van der Waals surface area contributed by atoms with Crippen molar-refractivity contribution in [1.82, 2.24) is 0 Å². The molecule has 128 valence electrons. The number of amides is 1. The Bertz CT molecular complexity index is 541. The van der Waals surface area contributed by atoms with Crippen LogP contribution in [0.3, 0.4) is 0 Å². The number of piperidine rings is 1. The van der Waals surface area contributed by atoms with Crippen molar-refractivity contribution >= 4 is 23.2 Å². The zero-order valence-electron chi connectivity index (χ0n) is 14.9. The monoisotopic (exact) mass is 337 g/mol. The molecule has 3 nitrogen and oxygen atoms in total. The summed E-state index contributed by atoms with van der Waals surface area (Å²) in [6, 6.07) is 3.86. The third-order valence-electron chi connectivity index (χ3n) is 5.43. The first-order valence-electron chi connectivity index (χ1n) is 8.87. The van der Waals surface area contributed by atoms with E-state index < -0.39 is 0 Å². The van der Waals surface area contributed by atoms with Gasteiger partial charge in [-0.25, -0.2) is 0 Å². The van der Waals surface area contributed by atoms with Crippen molar-refractivity contribution in [3.8, 4) is 0 Å². The molecule has 1 N–H and O–H groups in total. The van der Waals surface area contributed by atoms with Crippen LogP contribution in [0.5, 0.6) is 0 Å². The fraction of sp³-hybridized carbons (Fsp3) is 0.632. The summed E-state index contributed by atoms with van der Waals surface area (Å²) in [5.41, 5.74) is 2.98. The van der Waals surface area contributed by atoms with E-state index in [2.05, 4.69) is 19.2 Å². The Morgan fingerprint density at radius 3 is 2.22 bits per heavy atom. The van der Waals surface area contributed by atoms with Gasteiger partial charge in [-0.3, -0.25) is 4.79 Å². The van der Waals surface area contributed by atoms with Gasteiger partial charge in [0.2, 0.25) is 0 Å². The van der Waals surface area contributed by atoms with Gasteiger partial charge >= 0.3 is 0 Å². The molecular weight excluding hydrogens is 308 g/mol. The Kier molecular flexibility index (Phi) is 6.10. The summed E-state index contributed by atoms with van der Waals surface area (Å²) in [4.78, 5) is 13.0. The summed E-state index contributed by atoms with van der Waals surface area (Å²) in [5, 5.41) is 3.92. The lowest BCUT2D eigenvalue weighted by Crippen LogP contribution is -2.61. The van der Waals surface area contributed by atoms with Crippen molar-refractivity contribution in [2.24, 2.45) is 0 Å². The molecule has 1 heterocycles. The molecule has 0 aliphatic carbocycles. The molecule has 1 atom stereocenters. The maximum atomic E-state index is 13.0. The molecule has 1 unspecified atom stereocenters. The van der Waals surface area contributed by atoms with Crippen LogP contribution in [0.25, 0.3) is 0 Å². The number of quaternary nitrogens is 1. The smallest absolute Gasteiger partial charge is 0.282 e. The van der Waals surface area contributed by atoms with Gasteiger partial charge in [-0.05, 0) is 63.3 Å². The fourth-order valence-electron chi connectivity index (χ4n) is 4.13. The molecule has 0 radical (unpaired) electrons. The van der Waals surface area contributed by atoms with Crippen molar-refractivity contribution in [2.45, 2.75) is 59.4 Å². The summed E-state index contributed by atoms with van der Waals surface area (Å²) < 4.78 is 0.939. The van der Waals surface area contributed by atoms with Crippen LogP contribution < -0.4 is 5.32 Å². The highest BCUT2D eigenvalue weighted by Crippen LogP contribution is 2.28. The first kappa shape index (κ1) is 18.3. The summed E-state index contributed by atoms with van der Waals surface area (Å²) in [7, 11) is 0. The SMILES string of the molecule is CCC(C(=O)Nc1c(C)cc(Cl)cc1C)[N+]1(CC)CCCCC1. The van der Waals surface area contributed by atoms with Gasteiger partial charge in [0, 0.05) is 17.1 Å². The van der Waals surface area contributed by atoms with E-state index in [0.29, 0.717) is 0 Å². The Labute approximate surface area is 145 Å². The molecular formula is C19H30ClN2O+. The molecule has 1 aromatic carbocycles. The van der Waals surface area contributed by atoms with Gasteiger partial charge in [-0.1, -0.05) is 18.5 Å². The highest BCUT2D eigenvalue weighted by Gasteiger charge is 2.40. The molecule has 1 aliphatic rings. The Hall–Kier alpha value is -1.06. The largest absolute Gasteiger partial charge is 0.320 e. The second kappa shape index (κ2) is 7.67. The number of rotatable bonds is 5. The standard InChI is InChI=1S/C19H29ClN2O/c1-5-17(22(6-2)10-8-7-9-11-22)19(23)21-18-14(3)12-16(20)13-15(18)4/h12-13,17H,5-11H2,1-4H3/p+1. The minimum Gasteiger partial charge on any atom is -0.320 e. The fourth-order valence-corrected chi connectivity index (χ4v) is 4.45. The van der Waals surface area contributed by atoms with E-state index in [4.69, 9.17) is 11.6 Å². The van der Waals surface area contributed by atoms with Gasteiger partial charge in [-0.15, -0.1) is 0 Å². The van der Waals surface area contributed by atoms with Crippen molar-refractivity contribution < 1.29 is 9.28 Å². The number of carbonyl (C=O) groups excluding carboxylic acids is 1.